The van der Waals surface area contributed by atoms with Gasteiger partial charge in [0, 0.05) is 25.2 Å². The highest BCUT2D eigenvalue weighted by molar-refractivity contribution is 6.30. The quantitative estimate of drug-likeness (QED) is 0.639. The summed E-state index contributed by atoms with van der Waals surface area (Å²) >= 11 is 5.75. The molecule has 0 unspecified atom stereocenters. The highest BCUT2D eigenvalue weighted by atomic mass is 35.5. The first-order chi connectivity index (χ1) is 7.33. The van der Waals surface area contributed by atoms with Crippen LogP contribution in [0.5, 0.6) is 5.75 Å². The summed E-state index contributed by atoms with van der Waals surface area (Å²) in [5.41, 5.74) is 0. The summed E-state index contributed by atoms with van der Waals surface area (Å²) in [6.07, 6.45) is 0. The van der Waals surface area contributed by atoms with E-state index in [2.05, 4.69) is 5.32 Å². The molecule has 1 rings (SSSR count). The second-order valence-electron chi connectivity index (χ2n) is 3.05. The summed E-state index contributed by atoms with van der Waals surface area (Å²) < 4.78 is 10.4. The highest BCUT2D eigenvalue weighted by Gasteiger charge is 1.93. The van der Waals surface area contributed by atoms with E-state index in [4.69, 9.17) is 21.1 Å². The first-order valence-electron chi connectivity index (χ1n) is 4.91. The van der Waals surface area contributed by atoms with Crippen LogP contribution >= 0.6 is 11.6 Å². The van der Waals surface area contributed by atoms with Crippen molar-refractivity contribution >= 4 is 11.6 Å². The van der Waals surface area contributed by atoms with Crippen molar-refractivity contribution in [1.82, 2.24) is 5.32 Å². The van der Waals surface area contributed by atoms with Crippen molar-refractivity contribution in [3.63, 3.8) is 0 Å². The number of ether oxygens (including phenoxy) is 2. The number of rotatable bonds is 7. The van der Waals surface area contributed by atoms with E-state index in [0.29, 0.717) is 6.61 Å². The van der Waals surface area contributed by atoms with Gasteiger partial charge in [-0.05, 0) is 24.3 Å². The Balaban J connectivity index is 0.00000225. The fraction of sp³-hybridized carbons (Fsp3) is 0.455. The van der Waals surface area contributed by atoms with E-state index in [0.717, 1.165) is 30.5 Å². The van der Waals surface area contributed by atoms with Crippen molar-refractivity contribution in [2.45, 2.75) is 0 Å². The average Bonchev–Trinajstić information content (AvgIpc) is 2.26. The zero-order valence-electron chi connectivity index (χ0n) is 9.21. The molecule has 0 radical (unpaired) electrons. The molecule has 0 amide bonds. The van der Waals surface area contributed by atoms with Crippen LogP contribution in [0.3, 0.4) is 0 Å². The monoisotopic (exact) mass is 264 g/mol. The van der Waals surface area contributed by atoms with Crippen LogP contribution in [0.25, 0.3) is 0 Å². The Morgan fingerprint density at radius 1 is 1.12 bits per heavy atom. The van der Waals surface area contributed by atoms with Crippen LogP contribution in [0.15, 0.2) is 24.3 Å². The molecule has 0 fully saturated rings. The maximum absolute atomic E-state index is 5.75. The molecule has 0 bridgehead atoms. The molecule has 0 aromatic heterocycles. The number of nitrogens with one attached hydrogen (secondary N) is 1. The van der Waals surface area contributed by atoms with Gasteiger partial charge in [0.2, 0.25) is 0 Å². The molecule has 0 aliphatic rings. The standard InChI is InChI=1S/C11H16ClNO2.ClH/c1-14-8-6-13-7-9-15-11-4-2-10(12)3-5-11;/h2-5,13H,6-9H2,1H3;1H/p-1. The Labute approximate surface area is 107 Å². The lowest BCUT2D eigenvalue weighted by molar-refractivity contribution is -0.00000384. The summed E-state index contributed by atoms with van der Waals surface area (Å²) in [6, 6.07) is 7.35. The van der Waals surface area contributed by atoms with Crippen LogP contribution in [0.4, 0.5) is 0 Å². The van der Waals surface area contributed by atoms with Crippen LogP contribution in [0.2, 0.25) is 5.02 Å². The van der Waals surface area contributed by atoms with Gasteiger partial charge >= 0.3 is 0 Å². The van der Waals surface area contributed by atoms with E-state index in [1.807, 2.05) is 24.3 Å². The zero-order chi connectivity index (χ0) is 10.9. The van der Waals surface area contributed by atoms with Gasteiger partial charge in [0.25, 0.3) is 0 Å². The normalized spacial score (nSPS) is 9.62. The van der Waals surface area contributed by atoms with Crippen LogP contribution in [0, 0.1) is 0 Å². The van der Waals surface area contributed by atoms with E-state index in [1.54, 1.807) is 7.11 Å². The molecule has 5 heteroatoms. The number of benzene rings is 1. The van der Waals surface area contributed by atoms with E-state index < -0.39 is 0 Å². The number of methoxy groups -OCH3 is 1. The van der Waals surface area contributed by atoms with Crippen molar-refractivity contribution in [3.05, 3.63) is 29.3 Å². The summed E-state index contributed by atoms with van der Waals surface area (Å²) in [7, 11) is 1.69. The van der Waals surface area contributed by atoms with Crippen LogP contribution in [-0.4, -0.2) is 33.4 Å². The Morgan fingerprint density at radius 3 is 2.38 bits per heavy atom. The largest absolute Gasteiger partial charge is 1.00 e. The van der Waals surface area contributed by atoms with Gasteiger partial charge in [0.15, 0.2) is 0 Å². The first kappa shape index (κ1) is 15.5. The minimum atomic E-state index is 0. The molecule has 0 saturated carbocycles. The number of hydrogen-bond donors (Lipinski definition) is 1. The van der Waals surface area contributed by atoms with E-state index >= 15 is 0 Å². The van der Waals surface area contributed by atoms with Crippen molar-refractivity contribution < 1.29 is 21.9 Å². The van der Waals surface area contributed by atoms with Gasteiger partial charge in [0.1, 0.15) is 12.4 Å². The van der Waals surface area contributed by atoms with Crippen molar-refractivity contribution in [3.8, 4) is 5.75 Å². The molecule has 0 aliphatic carbocycles. The van der Waals surface area contributed by atoms with Gasteiger partial charge in [-0.15, -0.1) is 0 Å². The van der Waals surface area contributed by atoms with Crippen molar-refractivity contribution in [2.75, 3.05) is 33.4 Å². The fourth-order valence-electron chi connectivity index (χ4n) is 1.07. The highest BCUT2D eigenvalue weighted by Crippen LogP contribution is 2.14. The fourth-order valence-corrected chi connectivity index (χ4v) is 1.20. The summed E-state index contributed by atoms with van der Waals surface area (Å²) in [5.74, 6) is 0.841. The number of hydrogen-bond acceptors (Lipinski definition) is 3. The molecule has 0 heterocycles. The molecule has 3 nitrogen and oxygen atoms in total. The Hall–Kier alpha value is -0.480. The molecule has 0 saturated heterocycles. The Morgan fingerprint density at radius 2 is 1.75 bits per heavy atom. The van der Waals surface area contributed by atoms with Gasteiger partial charge < -0.3 is 27.2 Å². The van der Waals surface area contributed by atoms with Crippen molar-refractivity contribution in [2.24, 2.45) is 0 Å². The van der Waals surface area contributed by atoms with Gasteiger partial charge in [0.05, 0.1) is 6.61 Å². The van der Waals surface area contributed by atoms with E-state index in [9.17, 15) is 0 Å². The molecule has 16 heavy (non-hydrogen) atoms. The van der Waals surface area contributed by atoms with Crippen LogP contribution in [-0.2, 0) is 4.74 Å². The summed E-state index contributed by atoms with van der Waals surface area (Å²) in [6.45, 7) is 3.03. The SMILES string of the molecule is COCCNCCOc1ccc(Cl)cc1.[Cl-]. The molecule has 0 aliphatic heterocycles. The third-order valence-electron chi connectivity index (χ3n) is 1.84. The Kier molecular flexibility index (Phi) is 9.43. The lowest BCUT2D eigenvalue weighted by Crippen LogP contribution is -3.00. The molecule has 0 spiro atoms. The first-order valence-corrected chi connectivity index (χ1v) is 5.29. The predicted octanol–water partition coefficient (Wildman–Crippen LogP) is -1.04. The van der Waals surface area contributed by atoms with Gasteiger partial charge in [-0.2, -0.15) is 0 Å². The van der Waals surface area contributed by atoms with E-state index in [1.165, 1.54) is 0 Å². The van der Waals surface area contributed by atoms with E-state index in [-0.39, 0.29) is 12.4 Å². The zero-order valence-corrected chi connectivity index (χ0v) is 10.7. The minimum absolute atomic E-state index is 0. The minimum Gasteiger partial charge on any atom is -1.00 e. The maximum Gasteiger partial charge on any atom is 0.119 e. The molecule has 1 aromatic carbocycles. The molecular weight excluding hydrogens is 249 g/mol. The second-order valence-corrected chi connectivity index (χ2v) is 3.48. The molecule has 1 N–H and O–H groups in total. The van der Waals surface area contributed by atoms with Crippen LogP contribution in [0.1, 0.15) is 0 Å². The molecule has 0 atom stereocenters. The summed E-state index contributed by atoms with van der Waals surface area (Å²) in [4.78, 5) is 0. The van der Waals surface area contributed by atoms with Crippen LogP contribution < -0.4 is 22.5 Å². The van der Waals surface area contributed by atoms with Gasteiger partial charge in [-0.3, -0.25) is 0 Å². The predicted molar refractivity (Wildman–Crippen MR) is 61.7 cm³/mol. The topological polar surface area (TPSA) is 30.5 Å². The molecular formula is C11H16Cl2NO2-. The number of halogens is 2. The lowest BCUT2D eigenvalue weighted by Gasteiger charge is -2.07. The van der Waals surface area contributed by atoms with Gasteiger partial charge in [-0.25, -0.2) is 0 Å². The van der Waals surface area contributed by atoms with Crippen molar-refractivity contribution in [1.29, 1.82) is 0 Å². The van der Waals surface area contributed by atoms with Gasteiger partial charge in [-0.1, -0.05) is 11.6 Å². The smallest absolute Gasteiger partial charge is 0.119 e. The third-order valence-corrected chi connectivity index (χ3v) is 2.10. The Bertz CT molecular complexity index is 267. The average molecular weight is 265 g/mol. The molecule has 92 valence electrons. The maximum atomic E-state index is 5.75. The third kappa shape index (κ3) is 6.90. The summed E-state index contributed by atoms with van der Waals surface area (Å²) in [5, 5.41) is 3.91. The molecule has 1 aromatic rings. The lowest BCUT2D eigenvalue weighted by atomic mass is 10.3. The second kappa shape index (κ2) is 9.73.